The van der Waals surface area contributed by atoms with E-state index in [4.69, 9.17) is 0 Å². The molecule has 3 heteroatoms. The predicted molar refractivity (Wildman–Crippen MR) is 58.6 cm³/mol. The summed E-state index contributed by atoms with van der Waals surface area (Å²) >= 11 is 0. The third kappa shape index (κ3) is 2.49. The van der Waals surface area contributed by atoms with Gasteiger partial charge in [-0.2, -0.15) is 0 Å². The second-order valence-corrected chi connectivity index (χ2v) is 4.17. The van der Waals surface area contributed by atoms with Crippen molar-refractivity contribution in [1.29, 1.82) is 0 Å². The highest BCUT2D eigenvalue weighted by molar-refractivity contribution is 5.92. The van der Waals surface area contributed by atoms with Crippen molar-refractivity contribution in [1.82, 2.24) is 0 Å². The lowest BCUT2D eigenvalue weighted by molar-refractivity contribution is -0.119. The van der Waals surface area contributed by atoms with E-state index >= 15 is 0 Å². The molecule has 2 rings (SSSR count). The minimum absolute atomic E-state index is 0.0445. The number of rotatable bonds is 3. The van der Waals surface area contributed by atoms with E-state index in [1.165, 1.54) is 0 Å². The Balaban J connectivity index is 1.98. The molecule has 1 saturated carbocycles. The maximum Gasteiger partial charge on any atom is 0.227 e. The molecule has 0 aliphatic heterocycles. The second kappa shape index (κ2) is 3.93. The molecule has 0 bridgehead atoms. The average Bonchev–Trinajstić information content (AvgIpc) is 2.99. The van der Waals surface area contributed by atoms with Crippen molar-refractivity contribution in [2.24, 2.45) is 11.8 Å². The van der Waals surface area contributed by atoms with Gasteiger partial charge in [0.05, 0.1) is 0 Å². The van der Waals surface area contributed by atoms with E-state index in [-0.39, 0.29) is 17.6 Å². The minimum Gasteiger partial charge on any atom is -0.508 e. The van der Waals surface area contributed by atoms with Crippen molar-refractivity contribution < 1.29 is 9.90 Å². The second-order valence-electron chi connectivity index (χ2n) is 4.17. The molecule has 1 aliphatic rings. The molecule has 0 spiro atoms. The van der Waals surface area contributed by atoms with Gasteiger partial charge >= 0.3 is 0 Å². The molecular formula is C12H15NO2. The molecule has 2 N–H and O–H groups in total. The summed E-state index contributed by atoms with van der Waals surface area (Å²) < 4.78 is 0. The highest BCUT2D eigenvalue weighted by Gasteiger charge is 2.32. The molecule has 15 heavy (non-hydrogen) atoms. The molecule has 1 aromatic rings. The number of phenolic OH excluding ortho intramolecular Hbond substituents is 1. The Labute approximate surface area is 89.1 Å². The number of carbonyl (C=O) groups excluding carboxylic acids is 1. The average molecular weight is 205 g/mol. The first-order valence-electron chi connectivity index (χ1n) is 5.26. The van der Waals surface area contributed by atoms with Crippen molar-refractivity contribution >= 4 is 11.6 Å². The lowest BCUT2D eigenvalue weighted by Gasteiger charge is -2.10. The van der Waals surface area contributed by atoms with Crippen LogP contribution in [0.5, 0.6) is 5.75 Å². The summed E-state index contributed by atoms with van der Waals surface area (Å²) in [6, 6.07) is 6.63. The zero-order valence-corrected chi connectivity index (χ0v) is 8.73. The molecule has 3 nitrogen and oxygen atoms in total. The van der Waals surface area contributed by atoms with Crippen LogP contribution in [-0.2, 0) is 4.79 Å². The molecule has 80 valence electrons. The summed E-state index contributed by atoms with van der Waals surface area (Å²) in [6.07, 6.45) is 2.32. The maximum atomic E-state index is 11.7. The number of benzene rings is 1. The van der Waals surface area contributed by atoms with Crippen molar-refractivity contribution in [2.45, 2.75) is 19.8 Å². The van der Waals surface area contributed by atoms with Gasteiger partial charge in [-0.1, -0.05) is 13.0 Å². The zero-order valence-electron chi connectivity index (χ0n) is 8.73. The van der Waals surface area contributed by atoms with Crippen LogP contribution >= 0.6 is 0 Å². The van der Waals surface area contributed by atoms with E-state index in [1.54, 1.807) is 24.3 Å². The SMILES string of the molecule is CC(C(=O)Nc1cccc(O)c1)C1CC1. The van der Waals surface area contributed by atoms with Crippen molar-refractivity contribution in [3.8, 4) is 5.75 Å². The monoisotopic (exact) mass is 205 g/mol. The van der Waals surface area contributed by atoms with Crippen LogP contribution in [0.2, 0.25) is 0 Å². The summed E-state index contributed by atoms with van der Waals surface area (Å²) in [7, 11) is 0. The van der Waals surface area contributed by atoms with E-state index in [0.29, 0.717) is 11.6 Å². The number of carbonyl (C=O) groups is 1. The van der Waals surface area contributed by atoms with Gasteiger partial charge in [-0.3, -0.25) is 4.79 Å². The number of amides is 1. The van der Waals surface area contributed by atoms with Gasteiger partial charge in [0.2, 0.25) is 5.91 Å². The fraction of sp³-hybridized carbons (Fsp3) is 0.417. The van der Waals surface area contributed by atoms with Crippen molar-refractivity contribution in [3.05, 3.63) is 24.3 Å². The van der Waals surface area contributed by atoms with Crippen LogP contribution in [0.15, 0.2) is 24.3 Å². The van der Waals surface area contributed by atoms with Crippen LogP contribution in [0.4, 0.5) is 5.69 Å². The lowest BCUT2D eigenvalue weighted by atomic mass is 10.1. The first-order chi connectivity index (χ1) is 7.16. The number of hydrogen-bond donors (Lipinski definition) is 2. The minimum atomic E-state index is 0.0445. The van der Waals surface area contributed by atoms with Gasteiger partial charge in [0.15, 0.2) is 0 Å². The molecule has 1 aromatic carbocycles. The van der Waals surface area contributed by atoms with E-state index in [0.717, 1.165) is 12.8 Å². The maximum absolute atomic E-state index is 11.7. The Morgan fingerprint density at radius 1 is 1.53 bits per heavy atom. The summed E-state index contributed by atoms with van der Waals surface area (Å²) in [4.78, 5) is 11.7. The Bertz CT molecular complexity index is 372. The number of nitrogens with one attached hydrogen (secondary N) is 1. The molecule has 0 aromatic heterocycles. The van der Waals surface area contributed by atoms with Gasteiger partial charge in [-0.25, -0.2) is 0 Å². The molecular weight excluding hydrogens is 190 g/mol. The number of aromatic hydroxyl groups is 1. The smallest absolute Gasteiger partial charge is 0.227 e. The highest BCUT2D eigenvalue weighted by atomic mass is 16.3. The van der Waals surface area contributed by atoms with Crippen molar-refractivity contribution in [3.63, 3.8) is 0 Å². The number of hydrogen-bond acceptors (Lipinski definition) is 2. The Morgan fingerprint density at radius 3 is 2.87 bits per heavy atom. The molecule has 1 aliphatic carbocycles. The van der Waals surface area contributed by atoms with E-state index < -0.39 is 0 Å². The quantitative estimate of drug-likeness (QED) is 0.796. The van der Waals surface area contributed by atoms with Gasteiger partial charge in [-0.05, 0) is 30.9 Å². The van der Waals surface area contributed by atoms with E-state index in [9.17, 15) is 9.90 Å². The molecule has 1 amide bonds. The van der Waals surface area contributed by atoms with Crippen LogP contribution in [-0.4, -0.2) is 11.0 Å². The Kier molecular flexibility index (Phi) is 2.62. The standard InChI is InChI=1S/C12H15NO2/c1-8(9-5-6-9)12(15)13-10-3-2-4-11(14)7-10/h2-4,7-9,14H,5-6H2,1H3,(H,13,15). The van der Waals surface area contributed by atoms with Gasteiger partial charge in [0, 0.05) is 17.7 Å². The third-order valence-corrected chi connectivity index (χ3v) is 2.86. The molecule has 0 heterocycles. The van der Waals surface area contributed by atoms with Gasteiger partial charge in [0.1, 0.15) is 5.75 Å². The highest BCUT2D eigenvalue weighted by Crippen LogP contribution is 2.37. The van der Waals surface area contributed by atoms with Crippen LogP contribution in [0.3, 0.4) is 0 Å². The fourth-order valence-electron chi connectivity index (χ4n) is 1.65. The summed E-state index contributed by atoms with van der Waals surface area (Å²) in [6.45, 7) is 1.95. The molecule has 0 radical (unpaired) electrons. The molecule has 1 fully saturated rings. The van der Waals surface area contributed by atoms with Crippen LogP contribution < -0.4 is 5.32 Å². The Morgan fingerprint density at radius 2 is 2.27 bits per heavy atom. The zero-order chi connectivity index (χ0) is 10.8. The fourth-order valence-corrected chi connectivity index (χ4v) is 1.65. The van der Waals surface area contributed by atoms with E-state index in [2.05, 4.69) is 5.32 Å². The van der Waals surface area contributed by atoms with Crippen molar-refractivity contribution in [2.75, 3.05) is 5.32 Å². The number of phenols is 1. The number of anilines is 1. The topological polar surface area (TPSA) is 49.3 Å². The van der Waals surface area contributed by atoms with Gasteiger partial charge in [0.25, 0.3) is 0 Å². The summed E-state index contributed by atoms with van der Waals surface area (Å²) in [5, 5.41) is 12.0. The first-order valence-corrected chi connectivity index (χ1v) is 5.26. The normalized spacial score (nSPS) is 17.1. The molecule has 1 atom stereocenters. The van der Waals surface area contributed by atoms with E-state index in [1.807, 2.05) is 6.92 Å². The third-order valence-electron chi connectivity index (χ3n) is 2.86. The first kappa shape index (κ1) is 10.0. The molecule has 0 saturated heterocycles. The van der Waals surface area contributed by atoms with Crippen LogP contribution in [0.25, 0.3) is 0 Å². The Hall–Kier alpha value is -1.51. The largest absolute Gasteiger partial charge is 0.508 e. The predicted octanol–water partition coefficient (Wildman–Crippen LogP) is 2.38. The molecule has 1 unspecified atom stereocenters. The van der Waals surface area contributed by atoms with Gasteiger partial charge < -0.3 is 10.4 Å². The van der Waals surface area contributed by atoms with Crippen LogP contribution in [0.1, 0.15) is 19.8 Å². The van der Waals surface area contributed by atoms with Gasteiger partial charge in [-0.15, -0.1) is 0 Å². The summed E-state index contributed by atoms with van der Waals surface area (Å²) in [5.74, 6) is 0.852. The van der Waals surface area contributed by atoms with Crippen LogP contribution in [0, 0.1) is 11.8 Å². The lowest BCUT2D eigenvalue weighted by Crippen LogP contribution is -2.21. The summed E-state index contributed by atoms with van der Waals surface area (Å²) in [5.41, 5.74) is 0.660.